The molecular formula is C15H10BF3N2O2S. The quantitative estimate of drug-likeness (QED) is 0.713. The van der Waals surface area contributed by atoms with E-state index in [0.29, 0.717) is 21.0 Å². The molecule has 0 bridgehead atoms. The van der Waals surface area contributed by atoms with Crippen LogP contribution in [-0.4, -0.2) is 27.4 Å². The maximum absolute atomic E-state index is 12.6. The Hall–Kier alpha value is -2.23. The lowest BCUT2D eigenvalue weighted by Gasteiger charge is -2.06. The van der Waals surface area contributed by atoms with Crippen LogP contribution in [0, 0.1) is 0 Å². The molecule has 3 rings (SSSR count). The molecule has 0 fully saturated rings. The Bertz CT molecular complexity index is 833. The molecule has 0 saturated carbocycles. The topological polar surface area (TPSA) is 66.2 Å². The molecule has 0 aliphatic rings. The van der Waals surface area contributed by atoms with Crippen molar-refractivity contribution < 1.29 is 23.2 Å². The summed E-state index contributed by atoms with van der Waals surface area (Å²) in [6.07, 6.45) is -4.37. The molecule has 0 radical (unpaired) electrons. The minimum Gasteiger partial charge on any atom is -0.423 e. The molecular weight excluding hydrogens is 340 g/mol. The molecule has 2 aromatic carbocycles. The number of rotatable bonds is 3. The molecule has 24 heavy (non-hydrogen) atoms. The fourth-order valence-electron chi connectivity index (χ4n) is 2.06. The summed E-state index contributed by atoms with van der Waals surface area (Å²) in [6.45, 7) is 0. The first kappa shape index (κ1) is 16.6. The van der Waals surface area contributed by atoms with Crippen LogP contribution in [0.2, 0.25) is 0 Å². The Labute approximate surface area is 139 Å². The maximum atomic E-state index is 12.6. The monoisotopic (exact) mass is 350 g/mol. The molecule has 3 aromatic rings. The zero-order chi connectivity index (χ0) is 17.3. The molecule has 1 aromatic heterocycles. The average Bonchev–Trinajstić information content (AvgIpc) is 3.04. The van der Waals surface area contributed by atoms with E-state index in [-0.39, 0.29) is 0 Å². The third kappa shape index (κ3) is 3.48. The Balaban J connectivity index is 1.85. The van der Waals surface area contributed by atoms with E-state index in [1.807, 2.05) is 0 Å². The Morgan fingerprint density at radius 3 is 1.67 bits per heavy atom. The number of benzene rings is 2. The van der Waals surface area contributed by atoms with Crippen LogP contribution < -0.4 is 5.46 Å². The van der Waals surface area contributed by atoms with Gasteiger partial charge in [0.05, 0.1) is 5.56 Å². The molecule has 0 aliphatic carbocycles. The summed E-state index contributed by atoms with van der Waals surface area (Å²) >= 11 is 1.24. The van der Waals surface area contributed by atoms with Crippen LogP contribution in [-0.2, 0) is 6.18 Å². The van der Waals surface area contributed by atoms with Crippen LogP contribution in [0.15, 0.2) is 48.5 Å². The van der Waals surface area contributed by atoms with Crippen LogP contribution in [0.5, 0.6) is 0 Å². The minimum absolute atomic E-state index is 0.353. The summed E-state index contributed by atoms with van der Waals surface area (Å²) in [6, 6.07) is 11.2. The largest absolute Gasteiger partial charge is 0.488 e. The van der Waals surface area contributed by atoms with Crippen molar-refractivity contribution in [3.05, 3.63) is 54.1 Å². The van der Waals surface area contributed by atoms with Crippen molar-refractivity contribution in [2.75, 3.05) is 0 Å². The van der Waals surface area contributed by atoms with Crippen molar-refractivity contribution in [2.24, 2.45) is 0 Å². The lowest BCUT2D eigenvalue weighted by atomic mass is 9.80. The molecule has 122 valence electrons. The van der Waals surface area contributed by atoms with Gasteiger partial charge in [0, 0.05) is 11.1 Å². The molecule has 0 saturated heterocycles. The summed E-state index contributed by atoms with van der Waals surface area (Å²) in [5.74, 6) is 0. The van der Waals surface area contributed by atoms with E-state index in [9.17, 15) is 13.2 Å². The van der Waals surface area contributed by atoms with Crippen LogP contribution >= 0.6 is 11.3 Å². The first-order valence-corrected chi connectivity index (χ1v) is 7.64. The highest BCUT2D eigenvalue weighted by Crippen LogP contribution is 2.33. The van der Waals surface area contributed by atoms with Gasteiger partial charge in [0.15, 0.2) is 0 Å². The van der Waals surface area contributed by atoms with Crippen molar-refractivity contribution in [2.45, 2.75) is 6.18 Å². The number of alkyl halides is 3. The lowest BCUT2D eigenvalue weighted by molar-refractivity contribution is -0.137. The summed E-state index contributed by atoms with van der Waals surface area (Å²) < 4.78 is 37.7. The molecule has 1 heterocycles. The molecule has 0 unspecified atom stereocenters. The van der Waals surface area contributed by atoms with Crippen LogP contribution in [0.1, 0.15) is 5.56 Å². The highest BCUT2D eigenvalue weighted by Gasteiger charge is 2.30. The highest BCUT2D eigenvalue weighted by molar-refractivity contribution is 7.17. The van der Waals surface area contributed by atoms with Gasteiger partial charge in [0.1, 0.15) is 10.0 Å². The number of hydrogen-bond acceptors (Lipinski definition) is 5. The SMILES string of the molecule is OB(O)c1ccc(-c2nnc(-c3ccc(C(F)(F)F)cc3)s2)cc1. The fraction of sp³-hybridized carbons (Fsp3) is 0.0667. The number of halogens is 3. The molecule has 0 spiro atoms. The van der Waals surface area contributed by atoms with E-state index >= 15 is 0 Å². The van der Waals surface area contributed by atoms with Gasteiger partial charge >= 0.3 is 13.3 Å². The van der Waals surface area contributed by atoms with E-state index in [1.54, 1.807) is 24.3 Å². The Morgan fingerprint density at radius 1 is 0.792 bits per heavy atom. The normalized spacial score (nSPS) is 11.5. The van der Waals surface area contributed by atoms with Crippen molar-refractivity contribution in [3.63, 3.8) is 0 Å². The highest BCUT2D eigenvalue weighted by atomic mass is 32.1. The lowest BCUT2D eigenvalue weighted by Crippen LogP contribution is -2.29. The van der Waals surface area contributed by atoms with Crippen molar-refractivity contribution in [1.82, 2.24) is 10.2 Å². The number of hydrogen-bond donors (Lipinski definition) is 2. The van der Waals surface area contributed by atoms with Gasteiger partial charge in [0.25, 0.3) is 0 Å². The summed E-state index contributed by atoms with van der Waals surface area (Å²) in [5.41, 5.74) is 0.921. The molecule has 0 aliphatic heterocycles. The molecule has 2 N–H and O–H groups in total. The van der Waals surface area contributed by atoms with E-state index in [0.717, 1.165) is 17.7 Å². The second kappa shape index (κ2) is 6.35. The maximum Gasteiger partial charge on any atom is 0.488 e. The number of aromatic nitrogens is 2. The van der Waals surface area contributed by atoms with Crippen LogP contribution in [0.4, 0.5) is 13.2 Å². The third-order valence-electron chi connectivity index (χ3n) is 3.34. The Morgan fingerprint density at radius 2 is 1.25 bits per heavy atom. The average molecular weight is 350 g/mol. The summed E-state index contributed by atoms with van der Waals surface area (Å²) in [4.78, 5) is 0. The third-order valence-corrected chi connectivity index (χ3v) is 4.36. The summed E-state index contributed by atoms with van der Waals surface area (Å²) in [5, 5.41) is 27.3. The predicted molar refractivity (Wildman–Crippen MR) is 85.6 cm³/mol. The van der Waals surface area contributed by atoms with Crippen LogP contribution in [0.3, 0.4) is 0 Å². The first-order valence-electron chi connectivity index (χ1n) is 6.82. The van der Waals surface area contributed by atoms with Gasteiger partial charge in [-0.15, -0.1) is 10.2 Å². The van der Waals surface area contributed by atoms with Gasteiger partial charge in [-0.3, -0.25) is 0 Å². The zero-order valence-electron chi connectivity index (χ0n) is 12.0. The standard InChI is InChI=1S/C15H10BF3N2O2S/c17-15(18,19)11-5-1-9(2-6-11)13-20-21-14(24-13)10-3-7-12(8-4-10)16(22)23/h1-8,22-23H. The molecule has 0 amide bonds. The molecule has 4 nitrogen and oxygen atoms in total. The van der Waals surface area contributed by atoms with Crippen molar-refractivity contribution in [3.8, 4) is 21.1 Å². The van der Waals surface area contributed by atoms with E-state index < -0.39 is 18.9 Å². The van der Waals surface area contributed by atoms with Gasteiger partial charge in [0.2, 0.25) is 0 Å². The zero-order valence-corrected chi connectivity index (χ0v) is 12.8. The smallest absolute Gasteiger partial charge is 0.423 e. The molecule has 9 heteroatoms. The van der Waals surface area contributed by atoms with Gasteiger partial charge < -0.3 is 10.0 Å². The van der Waals surface area contributed by atoms with E-state index in [1.165, 1.54) is 23.5 Å². The first-order chi connectivity index (χ1) is 11.3. The van der Waals surface area contributed by atoms with E-state index in [4.69, 9.17) is 10.0 Å². The van der Waals surface area contributed by atoms with Crippen molar-refractivity contribution in [1.29, 1.82) is 0 Å². The van der Waals surface area contributed by atoms with Gasteiger partial charge in [-0.25, -0.2) is 0 Å². The fourth-order valence-corrected chi connectivity index (χ4v) is 2.91. The predicted octanol–water partition coefficient (Wildman–Crippen LogP) is 2.57. The number of nitrogens with zero attached hydrogens (tertiary/aromatic N) is 2. The van der Waals surface area contributed by atoms with Gasteiger partial charge in [-0.1, -0.05) is 47.7 Å². The van der Waals surface area contributed by atoms with Gasteiger partial charge in [-0.2, -0.15) is 13.2 Å². The van der Waals surface area contributed by atoms with Crippen molar-refractivity contribution >= 4 is 23.9 Å². The Kier molecular flexibility index (Phi) is 4.40. The van der Waals surface area contributed by atoms with E-state index in [2.05, 4.69) is 10.2 Å². The molecule has 0 atom stereocenters. The van der Waals surface area contributed by atoms with Gasteiger partial charge in [-0.05, 0) is 17.6 Å². The van der Waals surface area contributed by atoms with Crippen LogP contribution in [0.25, 0.3) is 21.1 Å². The minimum atomic E-state index is -4.37. The second-order valence-corrected chi connectivity index (χ2v) is 5.96. The second-order valence-electron chi connectivity index (χ2n) is 4.98. The summed E-state index contributed by atoms with van der Waals surface area (Å²) in [7, 11) is -1.55.